The molecule has 4 heterocycles. The first kappa shape index (κ1) is 40.4. The predicted molar refractivity (Wildman–Crippen MR) is 159 cm³/mol. The molecule has 3 nitrogen and oxygen atoms in total. The summed E-state index contributed by atoms with van der Waals surface area (Å²) in [7, 11) is 2.11. The molecule has 0 aromatic carbocycles. The Morgan fingerprint density at radius 3 is 0.667 bits per heavy atom. The molecule has 4 aliphatic rings. The normalized spacial score (nSPS) is 17.0. The summed E-state index contributed by atoms with van der Waals surface area (Å²) in [6, 6.07) is 0. The Hall–Kier alpha value is 0.230. The monoisotopic (exact) mass is 493 g/mol. The van der Waals surface area contributed by atoms with E-state index in [0.717, 1.165) is 13.2 Å². The van der Waals surface area contributed by atoms with Gasteiger partial charge in [0.15, 0.2) is 0 Å². The molecule has 0 bridgehead atoms. The Labute approximate surface area is 217 Å². The van der Waals surface area contributed by atoms with Gasteiger partial charge in [-0.25, -0.2) is 0 Å². The van der Waals surface area contributed by atoms with Crippen LogP contribution < -0.4 is 5.32 Å². The Morgan fingerprint density at radius 1 is 0.545 bits per heavy atom. The maximum Gasteiger partial charge on any atom is 0.0701 e. The summed E-state index contributed by atoms with van der Waals surface area (Å²) < 4.78 is 4.50. The smallest absolute Gasteiger partial charge is 0.0701 e. The van der Waals surface area contributed by atoms with E-state index in [1.165, 1.54) is 37.7 Å². The molecule has 4 fully saturated rings. The van der Waals surface area contributed by atoms with Crippen molar-refractivity contribution < 1.29 is 4.74 Å². The second kappa shape index (κ2) is 21.5. The molecule has 1 N–H and O–H groups in total. The molecule has 0 atom stereocenters. The maximum atomic E-state index is 4.50. The zero-order valence-electron chi connectivity index (χ0n) is 26.4. The summed E-state index contributed by atoms with van der Waals surface area (Å²) in [5.74, 6) is 2.83. The highest BCUT2D eigenvalue weighted by atomic mass is 32.2. The average Bonchev–Trinajstić information content (AvgIpc) is 3.27. The molecule has 33 heavy (non-hydrogen) atoms. The van der Waals surface area contributed by atoms with Crippen LogP contribution in [0.15, 0.2) is 0 Å². The molecule has 0 unspecified atom stereocenters. The van der Waals surface area contributed by atoms with Crippen LogP contribution in [0.25, 0.3) is 0 Å². The Balaban J connectivity index is -0.000000146. The van der Waals surface area contributed by atoms with Gasteiger partial charge in [-0.3, -0.25) is 0 Å². The van der Waals surface area contributed by atoms with Crippen molar-refractivity contribution in [1.82, 2.24) is 10.2 Å². The van der Waals surface area contributed by atoms with Crippen LogP contribution in [0.3, 0.4) is 0 Å². The number of ether oxygens (including phenoxy) is 1. The molecule has 0 radical (unpaired) electrons. The van der Waals surface area contributed by atoms with Gasteiger partial charge < -0.3 is 15.0 Å². The number of hydrogen-bond donors (Lipinski definition) is 1. The van der Waals surface area contributed by atoms with E-state index in [4.69, 9.17) is 0 Å². The van der Waals surface area contributed by atoms with Gasteiger partial charge in [0, 0.05) is 37.7 Å². The van der Waals surface area contributed by atoms with E-state index in [9.17, 15) is 0 Å². The van der Waals surface area contributed by atoms with E-state index in [1.807, 2.05) is 11.8 Å². The largest absolute Gasteiger partial charge is 0.377 e. The fourth-order valence-electron chi connectivity index (χ4n) is 0.1000. The number of hydrogen-bond acceptors (Lipinski definition) is 4. The van der Waals surface area contributed by atoms with Gasteiger partial charge in [0.1, 0.15) is 0 Å². The Bertz CT molecular complexity index is 280. The molecule has 0 aromatic rings. The minimum absolute atomic E-state index is 0.500. The van der Waals surface area contributed by atoms with Crippen LogP contribution in [0.1, 0.15) is 111 Å². The standard InChI is InChI=1S/4C5H12.C3H7N.C2H5N.C2H4O.C2H4S/c4*1-5(2,3)4;1-4-2-3-4;3*1-2-3-1/h4*1-4H3;2-3H2,1H3;3H,1-2H2;2*1-2H2. The lowest BCUT2D eigenvalue weighted by Gasteiger charge is -2.05. The number of likely N-dealkylation sites (N-methyl/N-ethyl adjacent to an activating group) is 1. The minimum Gasteiger partial charge on any atom is -0.377 e. The Kier molecular flexibility index (Phi) is 26.3. The first-order valence-corrected chi connectivity index (χ1v) is 14.1. The lowest BCUT2D eigenvalue weighted by molar-refractivity contribution is 0.469. The number of epoxide rings is 1. The lowest BCUT2D eigenvalue weighted by atomic mass is 10.0. The van der Waals surface area contributed by atoms with Gasteiger partial charge in [-0.15, -0.1) is 0 Å². The van der Waals surface area contributed by atoms with Gasteiger partial charge in [0.25, 0.3) is 0 Å². The van der Waals surface area contributed by atoms with E-state index in [0.29, 0.717) is 21.7 Å². The molecule has 4 rings (SSSR count). The van der Waals surface area contributed by atoms with Crippen LogP contribution in [0, 0.1) is 21.7 Å². The van der Waals surface area contributed by atoms with Crippen molar-refractivity contribution in [3.8, 4) is 0 Å². The van der Waals surface area contributed by atoms with Gasteiger partial charge in [-0.05, 0) is 28.7 Å². The third kappa shape index (κ3) is 759. The van der Waals surface area contributed by atoms with Gasteiger partial charge in [-0.1, -0.05) is 111 Å². The molecule has 0 amide bonds. The molecule has 0 spiro atoms. The van der Waals surface area contributed by atoms with E-state index in [2.05, 4.69) is 133 Å². The SMILES string of the molecule is C1CN1.C1CO1.C1CS1.CC(C)(C)C.CC(C)(C)C.CC(C)(C)C.CC(C)(C)C.CN1CC1. The van der Waals surface area contributed by atoms with Crippen molar-refractivity contribution in [3.63, 3.8) is 0 Å². The van der Waals surface area contributed by atoms with Crippen molar-refractivity contribution in [2.75, 3.05) is 57.9 Å². The van der Waals surface area contributed by atoms with E-state index >= 15 is 0 Å². The number of nitrogens with zero attached hydrogens (tertiary/aromatic N) is 1. The van der Waals surface area contributed by atoms with Crippen molar-refractivity contribution in [3.05, 3.63) is 0 Å². The van der Waals surface area contributed by atoms with Gasteiger partial charge in [0.05, 0.1) is 13.2 Å². The maximum absolute atomic E-state index is 4.50. The number of nitrogens with one attached hydrogen (secondary N) is 1. The van der Waals surface area contributed by atoms with E-state index < -0.39 is 0 Å². The first-order valence-electron chi connectivity index (χ1n) is 12.9. The molecule has 4 heteroatoms. The predicted octanol–water partition coefficient (Wildman–Crippen LogP) is 8.48. The Morgan fingerprint density at radius 2 is 0.667 bits per heavy atom. The third-order valence-corrected chi connectivity index (χ3v) is 1.74. The molecular formula is C29H68N2OS. The zero-order valence-corrected chi connectivity index (χ0v) is 27.2. The zero-order chi connectivity index (χ0) is 27.4. The fourth-order valence-corrected chi connectivity index (χ4v) is 0.1000. The second-order valence-electron chi connectivity index (χ2n) is 15.3. The quantitative estimate of drug-likeness (QED) is 0.344. The lowest BCUT2D eigenvalue weighted by Crippen LogP contribution is -1.93. The first-order chi connectivity index (χ1) is 14.4. The second-order valence-corrected chi connectivity index (χ2v) is 16.5. The molecule has 0 aliphatic carbocycles. The van der Waals surface area contributed by atoms with Crippen LogP contribution in [0.5, 0.6) is 0 Å². The fraction of sp³-hybridized carbons (Fsp3) is 1.00. The molecule has 0 aromatic heterocycles. The summed E-state index contributed by atoms with van der Waals surface area (Å²) >= 11 is 2.00. The molecular weight excluding hydrogens is 424 g/mol. The van der Waals surface area contributed by atoms with Crippen molar-refractivity contribution in [2.24, 2.45) is 21.7 Å². The number of rotatable bonds is 0. The third-order valence-electron chi connectivity index (χ3n) is 1.33. The van der Waals surface area contributed by atoms with Crippen LogP contribution in [0.2, 0.25) is 0 Å². The van der Waals surface area contributed by atoms with Crippen molar-refractivity contribution >= 4 is 11.8 Å². The summed E-state index contributed by atoms with van der Waals surface area (Å²) in [5.41, 5.74) is 2.00. The van der Waals surface area contributed by atoms with E-state index in [1.54, 1.807) is 0 Å². The van der Waals surface area contributed by atoms with Gasteiger partial charge in [0.2, 0.25) is 0 Å². The van der Waals surface area contributed by atoms with Crippen LogP contribution in [0.4, 0.5) is 0 Å². The molecule has 206 valence electrons. The van der Waals surface area contributed by atoms with Crippen LogP contribution in [-0.2, 0) is 4.74 Å². The summed E-state index contributed by atoms with van der Waals surface area (Å²) in [4.78, 5) is 2.25. The summed E-state index contributed by atoms with van der Waals surface area (Å²) in [6.07, 6.45) is 0. The van der Waals surface area contributed by atoms with Crippen molar-refractivity contribution in [1.29, 1.82) is 0 Å². The minimum atomic E-state index is 0.500. The molecule has 4 saturated heterocycles. The van der Waals surface area contributed by atoms with Crippen molar-refractivity contribution in [2.45, 2.75) is 111 Å². The van der Waals surface area contributed by atoms with Crippen LogP contribution in [-0.4, -0.2) is 62.8 Å². The summed E-state index contributed by atoms with van der Waals surface area (Å²) in [6.45, 7) is 42.1. The highest BCUT2D eigenvalue weighted by Gasteiger charge is 2.07. The highest BCUT2D eigenvalue weighted by Crippen LogP contribution is 2.14. The topological polar surface area (TPSA) is 37.5 Å². The number of thioether (sulfide) groups is 1. The molecule has 4 aliphatic heterocycles. The van der Waals surface area contributed by atoms with Gasteiger partial charge >= 0.3 is 0 Å². The highest BCUT2D eigenvalue weighted by molar-refractivity contribution is 8.06. The summed E-state index contributed by atoms with van der Waals surface area (Å²) in [5, 5.41) is 3.00. The van der Waals surface area contributed by atoms with E-state index in [-0.39, 0.29) is 0 Å². The van der Waals surface area contributed by atoms with Gasteiger partial charge in [-0.2, -0.15) is 11.8 Å². The average molecular weight is 493 g/mol. The van der Waals surface area contributed by atoms with Crippen LogP contribution >= 0.6 is 11.8 Å². The molecule has 0 saturated carbocycles.